The van der Waals surface area contributed by atoms with Gasteiger partial charge in [0, 0.05) is 38.2 Å². The fourth-order valence-electron chi connectivity index (χ4n) is 3.30. The second-order valence-electron chi connectivity index (χ2n) is 6.86. The summed E-state index contributed by atoms with van der Waals surface area (Å²) in [7, 11) is -1.98. The number of nitrogens with one attached hydrogen (secondary N) is 3. The quantitative estimate of drug-likeness (QED) is 0.416. The molecule has 3 rings (SSSR count). The molecule has 2 aromatic carbocycles. The van der Waals surface area contributed by atoms with E-state index in [0.29, 0.717) is 31.9 Å². The second-order valence-corrected chi connectivity index (χ2v) is 8.42. The van der Waals surface area contributed by atoms with Gasteiger partial charge in [-0.15, -0.1) is 0 Å². The molecule has 5 N–H and O–H groups in total. The van der Waals surface area contributed by atoms with Crippen LogP contribution in [-0.2, 0) is 21.2 Å². The standard InChI is InChI=1S/C20H25N5O3S/c1-22-20(23-11-10-14-6-8-16(9-7-14)29(21,27)28)24-13-15-12-19(26)25-18-5-3-2-4-17(15)18/h2-9,15H,10-13H2,1H3,(H,25,26)(H2,21,27,28)(H2,22,23,24). The van der Waals surface area contributed by atoms with Crippen LogP contribution in [-0.4, -0.2) is 40.4 Å². The summed E-state index contributed by atoms with van der Waals surface area (Å²) < 4.78 is 22.6. The van der Waals surface area contributed by atoms with Gasteiger partial charge in [0.1, 0.15) is 0 Å². The molecule has 8 nitrogen and oxygen atoms in total. The third-order valence-corrected chi connectivity index (χ3v) is 5.73. The van der Waals surface area contributed by atoms with E-state index in [9.17, 15) is 13.2 Å². The van der Waals surface area contributed by atoms with Crippen LogP contribution in [0.15, 0.2) is 58.4 Å². The molecule has 2 aromatic rings. The van der Waals surface area contributed by atoms with Crippen molar-refractivity contribution in [2.75, 3.05) is 25.5 Å². The van der Waals surface area contributed by atoms with E-state index in [1.165, 1.54) is 12.1 Å². The second kappa shape index (κ2) is 9.06. The molecule has 0 bridgehead atoms. The topological polar surface area (TPSA) is 126 Å². The minimum absolute atomic E-state index is 0.0152. The summed E-state index contributed by atoms with van der Waals surface area (Å²) >= 11 is 0. The lowest BCUT2D eigenvalue weighted by atomic mass is 9.90. The van der Waals surface area contributed by atoms with Gasteiger partial charge in [-0.05, 0) is 35.7 Å². The average Bonchev–Trinajstić information content (AvgIpc) is 2.70. The fourth-order valence-corrected chi connectivity index (χ4v) is 3.81. The smallest absolute Gasteiger partial charge is 0.238 e. The maximum atomic E-state index is 11.9. The van der Waals surface area contributed by atoms with E-state index in [4.69, 9.17) is 5.14 Å². The molecule has 0 aliphatic carbocycles. The van der Waals surface area contributed by atoms with Gasteiger partial charge in [-0.2, -0.15) is 0 Å². The van der Waals surface area contributed by atoms with Crippen molar-refractivity contribution in [2.24, 2.45) is 10.1 Å². The molecule has 0 radical (unpaired) electrons. The molecule has 1 atom stereocenters. The van der Waals surface area contributed by atoms with Crippen LogP contribution in [0.5, 0.6) is 0 Å². The molecule has 0 saturated carbocycles. The van der Waals surface area contributed by atoms with E-state index >= 15 is 0 Å². The van der Waals surface area contributed by atoms with Crippen molar-refractivity contribution in [3.63, 3.8) is 0 Å². The van der Waals surface area contributed by atoms with Gasteiger partial charge >= 0.3 is 0 Å². The first-order valence-electron chi connectivity index (χ1n) is 9.32. The molecule has 0 aromatic heterocycles. The van der Waals surface area contributed by atoms with E-state index in [1.54, 1.807) is 19.2 Å². The number of hydrogen-bond donors (Lipinski definition) is 4. The van der Waals surface area contributed by atoms with Crippen molar-refractivity contribution in [2.45, 2.75) is 23.7 Å². The molecule has 1 aliphatic heterocycles. The monoisotopic (exact) mass is 415 g/mol. The van der Waals surface area contributed by atoms with Crippen LogP contribution in [0, 0.1) is 0 Å². The number of guanidine groups is 1. The lowest BCUT2D eigenvalue weighted by Crippen LogP contribution is -2.41. The van der Waals surface area contributed by atoms with Crippen molar-refractivity contribution in [1.29, 1.82) is 0 Å². The number of aliphatic imine (C=N–C) groups is 1. The van der Waals surface area contributed by atoms with Gasteiger partial charge in [-0.3, -0.25) is 9.79 Å². The number of fused-ring (bicyclic) bond motifs is 1. The molecule has 1 heterocycles. The highest BCUT2D eigenvalue weighted by Gasteiger charge is 2.24. The van der Waals surface area contributed by atoms with E-state index in [2.05, 4.69) is 20.9 Å². The third-order valence-electron chi connectivity index (χ3n) is 4.80. The molecule has 0 fully saturated rings. The average molecular weight is 416 g/mol. The zero-order chi connectivity index (χ0) is 20.9. The summed E-state index contributed by atoms with van der Waals surface area (Å²) in [6.07, 6.45) is 1.12. The normalized spacial score (nSPS) is 16.7. The lowest BCUT2D eigenvalue weighted by Gasteiger charge is -2.26. The van der Waals surface area contributed by atoms with Crippen molar-refractivity contribution in [3.8, 4) is 0 Å². The SMILES string of the molecule is CN=C(NCCc1ccc(S(N)(=O)=O)cc1)NCC1CC(=O)Nc2ccccc21. The molecule has 154 valence electrons. The van der Waals surface area contributed by atoms with E-state index in [0.717, 1.165) is 16.8 Å². The van der Waals surface area contributed by atoms with Gasteiger partial charge in [-0.1, -0.05) is 30.3 Å². The first-order valence-corrected chi connectivity index (χ1v) is 10.9. The van der Waals surface area contributed by atoms with E-state index < -0.39 is 10.0 Å². The number of carbonyl (C=O) groups excluding carboxylic acids is 1. The maximum Gasteiger partial charge on any atom is 0.238 e. The number of para-hydroxylation sites is 1. The first kappa shape index (κ1) is 20.8. The Hall–Kier alpha value is -2.91. The Morgan fingerprint density at radius 3 is 2.59 bits per heavy atom. The van der Waals surface area contributed by atoms with Crippen LogP contribution < -0.4 is 21.1 Å². The van der Waals surface area contributed by atoms with Gasteiger partial charge in [0.15, 0.2) is 5.96 Å². The molecule has 1 amide bonds. The molecule has 29 heavy (non-hydrogen) atoms. The van der Waals surface area contributed by atoms with Crippen molar-refractivity contribution in [1.82, 2.24) is 10.6 Å². The van der Waals surface area contributed by atoms with Crippen LogP contribution in [0.25, 0.3) is 0 Å². The van der Waals surface area contributed by atoms with Gasteiger partial charge in [0.25, 0.3) is 0 Å². The fraction of sp³-hybridized carbons (Fsp3) is 0.300. The van der Waals surface area contributed by atoms with Gasteiger partial charge in [0.2, 0.25) is 15.9 Å². The van der Waals surface area contributed by atoms with Crippen LogP contribution in [0.3, 0.4) is 0 Å². The predicted molar refractivity (Wildman–Crippen MR) is 113 cm³/mol. The highest BCUT2D eigenvalue weighted by molar-refractivity contribution is 7.89. The molecule has 9 heteroatoms. The number of amides is 1. The van der Waals surface area contributed by atoms with Crippen LogP contribution in [0.2, 0.25) is 0 Å². The van der Waals surface area contributed by atoms with Crippen LogP contribution in [0.4, 0.5) is 5.69 Å². The molecule has 0 spiro atoms. The Morgan fingerprint density at radius 1 is 1.17 bits per heavy atom. The number of hydrogen-bond acceptors (Lipinski definition) is 4. The largest absolute Gasteiger partial charge is 0.356 e. The number of rotatable bonds is 6. The number of primary sulfonamides is 1. The third kappa shape index (κ3) is 5.55. The number of nitrogens with zero attached hydrogens (tertiary/aromatic N) is 1. The Balaban J connectivity index is 1.51. The highest BCUT2D eigenvalue weighted by atomic mass is 32.2. The summed E-state index contributed by atoms with van der Waals surface area (Å²) in [5.74, 6) is 0.736. The Kier molecular flexibility index (Phi) is 6.50. The number of benzene rings is 2. The molecule has 1 unspecified atom stereocenters. The van der Waals surface area contributed by atoms with Crippen molar-refractivity contribution < 1.29 is 13.2 Å². The maximum absolute atomic E-state index is 11.9. The number of carbonyl (C=O) groups is 1. The lowest BCUT2D eigenvalue weighted by molar-refractivity contribution is -0.116. The van der Waals surface area contributed by atoms with E-state index in [1.807, 2.05) is 24.3 Å². The van der Waals surface area contributed by atoms with Gasteiger partial charge in [0.05, 0.1) is 4.90 Å². The van der Waals surface area contributed by atoms with Crippen molar-refractivity contribution in [3.05, 3.63) is 59.7 Å². The van der Waals surface area contributed by atoms with Gasteiger partial charge in [-0.25, -0.2) is 13.6 Å². The molecular weight excluding hydrogens is 390 g/mol. The van der Waals surface area contributed by atoms with Crippen LogP contribution >= 0.6 is 0 Å². The summed E-state index contributed by atoms with van der Waals surface area (Å²) in [6, 6.07) is 14.3. The molecule has 0 saturated heterocycles. The highest BCUT2D eigenvalue weighted by Crippen LogP contribution is 2.31. The first-order chi connectivity index (χ1) is 13.9. The number of sulfonamides is 1. The molecule has 1 aliphatic rings. The van der Waals surface area contributed by atoms with Crippen LogP contribution in [0.1, 0.15) is 23.5 Å². The summed E-state index contributed by atoms with van der Waals surface area (Å²) in [4.78, 5) is 16.3. The summed E-state index contributed by atoms with van der Waals surface area (Å²) in [6.45, 7) is 1.21. The van der Waals surface area contributed by atoms with Crippen molar-refractivity contribution >= 4 is 27.6 Å². The minimum atomic E-state index is -3.67. The summed E-state index contributed by atoms with van der Waals surface area (Å²) in [5.41, 5.74) is 2.96. The number of anilines is 1. The molecular formula is C20H25N5O3S. The Bertz CT molecular complexity index is 1000. The number of nitrogens with two attached hydrogens (primary N) is 1. The van der Waals surface area contributed by atoms with E-state index in [-0.39, 0.29) is 16.7 Å². The summed E-state index contributed by atoms with van der Waals surface area (Å²) in [5, 5.41) is 14.5. The zero-order valence-corrected chi connectivity index (χ0v) is 17.0. The van der Waals surface area contributed by atoms with Gasteiger partial charge < -0.3 is 16.0 Å². The minimum Gasteiger partial charge on any atom is -0.356 e. The Labute approximate surface area is 170 Å². The Morgan fingerprint density at radius 2 is 1.90 bits per heavy atom. The predicted octanol–water partition coefficient (Wildman–Crippen LogP) is 1.17. The zero-order valence-electron chi connectivity index (χ0n) is 16.2.